The Morgan fingerprint density at radius 3 is 0.869 bits per heavy atom. The second-order valence-corrected chi connectivity index (χ2v) is 20.5. The SMILES string of the molecule is CCCCCCCC/C=C\CCCCCCCC(=O)OCCCCCCCCCCCCCCCCCCCCCCCCCCCCCCCCCCCCCCC(C)C. The quantitative estimate of drug-likeness (QED) is 0.0346. The maximum atomic E-state index is 12.0. The molecule has 364 valence electrons. The number of allylic oxidation sites excluding steroid dienone is 2. The average molecular weight is 858 g/mol. The van der Waals surface area contributed by atoms with Crippen LogP contribution in [0.15, 0.2) is 12.2 Å². The lowest BCUT2D eigenvalue weighted by atomic mass is 10.0. The molecule has 0 spiro atoms. The average Bonchev–Trinajstić information content (AvgIpc) is 3.25. The fraction of sp³-hybridized carbons (Fsp3) is 0.949. The number of hydrogen-bond donors (Lipinski definition) is 0. The van der Waals surface area contributed by atoms with Crippen LogP contribution in [0.1, 0.15) is 348 Å². The summed E-state index contributed by atoms with van der Waals surface area (Å²) < 4.78 is 5.49. The van der Waals surface area contributed by atoms with Gasteiger partial charge in [0.1, 0.15) is 0 Å². The first kappa shape index (κ1) is 60.2. The van der Waals surface area contributed by atoms with Crippen molar-refractivity contribution in [2.24, 2.45) is 5.92 Å². The van der Waals surface area contributed by atoms with Gasteiger partial charge in [0.2, 0.25) is 0 Å². The first-order valence-corrected chi connectivity index (χ1v) is 29.0. The highest BCUT2D eigenvalue weighted by Gasteiger charge is 2.03. The number of esters is 1. The summed E-state index contributed by atoms with van der Waals surface area (Å²) in [7, 11) is 0. The third-order valence-corrected chi connectivity index (χ3v) is 13.6. The van der Waals surface area contributed by atoms with Gasteiger partial charge in [-0.15, -0.1) is 0 Å². The fourth-order valence-electron chi connectivity index (χ4n) is 9.26. The highest BCUT2D eigenvalue weighted by molar-refractivity contribution is 5.69. The lowest BCUT2D eigenvalue weighted by molar-refractivity contribution is -0.143. The third-order valence-electron chi connectivity index (χ3n) is 13.6. The molecule has 0 fully saturated rings. The molecule has 0 aliphatic heterocycles. The Hall–Kier alpha value is -0.790. The summed E-state index contributed by atoms with van der Waals surface area (Å²) in [6.07, 6.45) is 75.4. The van der Waals surface area contributed by atoms with Gasteiger partial charge in [0.15, 0.2) is 0 Å². The van der Waals surface area contributed by atoms with Crippen molar-refractivity contribution in [1.82, 2.24) is 0 Å². The summed E-state index contributed by atoms with van der Waals surface area (Å²) in [6.45, 7) is 7.61. The van der Waals surface area contributed by atoms with Crippen molar-refractivity contribution >= 4 is 5.97 Å². The molecular weight excluding hydrogens is 741 g/mol. The second-order valence-electron chi connectivity index (χ2n) is 20.5. The molecule has 0 saturated carbocycles. The third kappa shape index (κ3) is 57.2. The van der Waals surface area contributed by atoms with Gasteiger partial charge in [-0.05, 0) is 44.4 Å². The molecular formula is C59H116O2. The van der Waals surface area contributed by atoms with Crippen LogP contribution in [0, 0.1) is 5.92 Å². The maximum absolute atomic E-state index is 12.0. The summed E-state index contributed by atoms with van der Waals surface area (Å²) in [6, 6.07) is 0. The van der Waals surface area contributed by atoms with Crippen LogP contribution >= 0.6 is 0 Å². The minimum absolute atomic E-state index is 0.0223. The van der Waals surface area contributed by atoms with Crippen molar-refractivity contribution in [1.29, 1.82) is 0 Å². The topological polar surface area (TPSA) is 26.3 Å². The Labute approximate surface area is 386 Å². The van der Waals surface area contributed by atoms with E-state index in [4.69, 9.17) is 4.74 Å². The van der Waals surface area contributed by atoms with Crippen molar-refractivity contribution in [3.05, 3.63) is 12.2 Å². The van der Waals surface area contributed by atoms with Crippen molar-refractivity contribution in [3.63, 3.8) is 0 Å². The van der Waals surface area contributed by atoms with Crippen LogP contribution in [-0.2, 0) is 9.53 Å². The Morgan fingerprint density at radius 1 is 0.328 bits per heavy atom. The standard InChI is InChI=1S/C59H116O2/c1-4-5-6-7-8-9-10-11-34-38-41-44-47-50-53-56-59(60)61-57-54-51-48-45-42-39-36-33-31-29-27-25-23-21-19-17-15-13-12-14-16-18-20-22-24-26-28-30-32-35-37-40-43-46-49-52-55-58(2)3/h11,34,58H,4-10,12-33,35-57H2,1-3H3/b34-11-. The normalized spacial score (nSPS) is 11.8. The number of hydrogen-bond acceptors (Lipinski definition) is 2. The van der Waals surface area contributed by atoms with Crippen LogP contribution in [-0.4, -0.2) is 12.6 Å². The number of unbranched alkanes of at least 4 members (excludes halogenated alkanes) is 46. The number of ether oxygens (including phenoxy) is 1. The summed E-state index contributed by atoms with van der Waals surface area (Å²) in [4.78, 5) is 12.0. The van der Waals surface area contributed by atoms with E-state index in [1.165, 1.54) is 302 Å². The predicted molar refractivity (Wildman–Crippen MR) is 276 cm³/mol. The van der Waals surface area contributed by atoms with E-state index in [-0.39, 0.29) is 5.97 Å². The smallest absolute Gasteiger partial charge is 0.305 e. The molecule has 0 unspecified atom stereocenters. The van der Waals surface area contributed by atoms with Gasteiger partial charge in [-0.1, -0.05) is 315 Å². The zero-order chi connectivity index (χ0) is 44.0. The maximum Gasteiger partial charge on any atom is 0.305 e. The van der Waals surface area contributed by atoms with E-state index in [9.17, 15) is 4.79 Å². The Kier molecular flexibility index (Phi) is 54.6. The van der Waals surface area contributed by atoms with Gasteiger partial charge < -0.3 is 4.74 Å². The van der Waals surface area contributed by atoms with Crippen molar-refractivity contribution in [2.45, 2.75) is 348 Å². The monoisotopic (exact) mass is 857 g/mol. The molecule has 0 rings (SSSR count). The number of rotatable bonds is 54. The van der Waals surface area contributed by atoms with Gasteiger partial charge in [-0.2, -0.15) is 0 Å². The lowest BCUT2D eigenvalue weighted by Crippen LogP contribution is -2.05. The first-order chi connectivity index (χ1) is 30.2. The molecule has 0 radical (unpaired) electrons. The minimum atomic E-state index is 0.0223. The number of carbonyl (C=O) groups excluding carboxylic acids is 1. The highest BCUT2D eigenvalue weighted by atomic mass is 16.5. The van der Waals surface area contributed by atoms with Gasteiger partial charge in [-0.3, -0.25) is 4.79 Å². The Morgan fingerprint density at radius 2 is 0.574 bits per heavy atom. The van der Waals surface area contributed by atoms with Crippen LogP contribution in [0.4, 0.5) is 0 Å². The van der Waals surface area contributed by atoms with Gasteiger partial charge in [0.25, 0.3) is 0 Å². The van der Waals surface area contributed by atoms with Gasteiger partial charge in [0.05, 0.1) is 6.61 Å². The molecule has 0 heterocycles. The fourth-order valence-corrected chi connectivity index (χ4v) is 9.26. The zero-order valence-electron chi connectivity index (χ0n) is 42.8. The molecule has 0 atom stereocenters. The summed E-state index contributed by atoms with van der Waals surface area (Å²) in [5, 5.41) is 0. The minimum Gasteiger partial charge on any atom is -0.466 e. The van der Waals surface area contributed by atoms with E-state index in [0.29, 0.717) is 13.0 Å². The first-order valence-electron chi connectivity index (χ1n) is 29.0. The van der Waals surface area contributed by atoms with Crippen LogP contribution in [0.25, 0.3) is 0 Å². The van der Waals surface area contributed by atoms with Crippen LogP contribution < -0.4 is 0 Å². The number of carbonyl (C=O) groups is 1. The molecule has 0 aliphatic carbocycles. The Bertz CT molecular complexity index is 816. The molecule has 0 aliphatic rings. The highest BCUT2D eigenvalue weighted by Crippen LogP contribution is 2.18. The predicted octanol–water partition coefficient (Wildman–Crippen LogP) is 21.7. The molecule has 0 amide bonds. The van der Waals surface area contributed by atoms with E-state index < -0.39 is 0 Å². The summed E-state index contributed by atoms with van der Waals surface area (Å²) in [5.74, 6) is 0.913. The van der Waals surface area contributed by atoms with Gasteiger partial charge >= 0.3 is 5.97 Å². The second kappa shape index (κ2) is 55.3. The molecule has 61 heavy (non-hydrogen) atoms. The molecule has 0 aromatic carbocycles. The van der Waals surface area contributed by atoms with Crippen molar-refractivity contribution in [3.8, 4) is 0 Å². The van der Waals surface area contributed by atoms with Crippen molar-refractivity contribution < 1.29 is 9.53 Å². The molecule has 2 nitrogen and oxygen atoms in total. The summed E-state index contributed by atoms with van der Waals surface area (Å²) >= 11 is 0. The summed E-state index contributed by atoms with van der Waals surface area (Å²) in [5.41, 5.74) is 0. The molecule has 0 N–H and O–H groups in total. The zero-order valence-corrected chi connectivity index (χ0v) is 42.8. The van der Waals surface area contributed by atoms with E-state index in [2.05, 4.69) is 32.9 Å². The molecule has 2 heteroatoms. The van der Waals surface area contributed by atoms with E-state index in [0.717, 1.165) is 25.2 Å². The molecule has 0 saturated heterocycles. The van der Waals surface area contributed by atoms with Crippen LogP contribution in [0.5, 0.6) is 0 Å². The largest absolute Gasteiger partial charge is 0.466 e. The van der Waals surface area contributed by atoms with Crippen LogP contribution in [0.2, 0.25) is 0 Å². The molecule has 0 bridgehead atoms. The Balaban J connectivity index is 3.14. The molecule has 0 aromatic rings. The van der Waals surface area contributed by atoms with E-state index >= 15 is 0 Å². The van der Waals surface area contributed by atoms with Crippen molar-refractivity contribution in [2.75, 3.05) is 6.61 Å². The van der Waals surface area contributed by atoms with Gasteiger partial charge in [0, 0.05) is 6.42 Å². The van der Waals surface area contributed by atoms with E-state index in [1.807, 2.05) is 0 Å². The van der Waals surface area contributed by atoms with Gasteiger partial charge in [-0.25, -0.2) is 0 Å². The van der Waals surface area contributed by atoms with E-state index in [1.54, 1.807) is 0 Å². The lowest BCUT2D eigenvalue weighted by Gasteiger charge is -2.06. The molecule has 0 aromatic heterocycles. The van der Waals surface area contributed by atoms with Crippen LogP contribution in [0.3, 0.4) is 0 Å².